The van der Waals surface area contributed by atoms with Crippen molar-refractivity contribution in [3.05, 3.63) is 22.0 Å². The molecule has 0 aromatic carbocycles. The average Bonchev–Trinajstić information content (AvgIpc) is 2.96. The molecule has 1 saturated heterocycles. The number of sulfone groups is 1. The smallest absolute Gasteiger partial charge is 0.349 e. The van der Waals surface area contributed by atoms with Gasteiger partial charge in [-0.2, -0.15) is 10.4 Å². The van der Waals surface area contributed by atoms with E-state index in [4.69, 9.17) is 16.3 Å². The first-order valence-electron chi connectivity index (χ1n) is 7.42. The van der Waals surface area contributed by atoms with Crippen LogP contribution in [-0.2, 0) is 19.4 Å². The number of aromatic nitrogens is 2. The molecule has 1 aromatic rings. The third-order valence-corrected chi connectivity index (χ3v) is 5.72. The lowest BCUT2D eigenvalue weighted by molar-refractivity contribution is -0.142. The standard InChI is InChI=1S/C15H18ClN3O4S/c1-9(2)23-15(20)11(7-17)6-13-10(3)18-19(14(13)16)12-4-5-24(21,22)8-12/h6,9,12H,4-5,8H2,1-3H3/b11-6+/t12-/m0/s1. The van der Waals surface area contributed by atoms with Crippen molar-refractivity contribution in [1.82, 2.24) is 9.78 Å². The van der Waals surface area contributed by atoms with Gasteiger partial charge in [0, 0.05) is 5.56 Å². The van der Waals surface area contributed by atoms with Gasteiger partial charge >= 0.3 is 5.97 Å². The molecule has 24 heavy (non-hydrogen) atoms. The summed E-state index contributed by atoms with van der Waals surface area (Å²) in [5, 5.41) is 13.7. The van der Waals surface area contributed by atoms with Crippen LogP contribution in [-0.4, -0.2) is 41.8 Å². The largest absolute Gasteiger partial charge is 0.459 e. The Morgan fingerprint density at radius 2 is 2.21 bits per heavy atom. The molecule has 1 atom stereocenters. The molecule has 1 aliphatic rings. The second-order valence-corrected chi connectivity index (χ2v) is 8.50. The maximum absolute atomic E-state index is 11.9. The van der Waals surface area contributed by atoms with Crippen LogP contribution < -0.4 is 0 Å². The first-order chi connectivity index (χ1) is 11.1. The molecule has 0 radical (unpaired) electrons. The van der Waals surface area contributed by atoms with Crippen LogP contribution in [0.1, 0.15) is 37.6 Å². The summed E-state index contributed by atoms with van der Waals surface area (Å²) in [5.41, 5.74) is 0.736. The number of esters is 1. The van der Waals surface area contributed by atoms with E-state index in [1.54, 1.807) is 26.8 Å². The van der Waals surface area contributed by atoms with Crippen LogP contribution in [0, 0.1) is 18.3 Å². The molecule has 2 rings (SSSR count). The number of nitrogens with zero attached hydrogens (tertiary/aromatic N) is 3. The predicted molar refractivity (Wildman–Crippen MR) is 89.1 cm³/mol. The van der Waals surface area contributed by atoms with E-state index in [-0.39, 0.29) is 34.4 Å². The maximum Gasteiger partial charge on any atom is 0.349 e. The van der Waals surface area contributed by atoms with Gasteiger partial charge < -0.3 is 4.74 Å². The number of rotatable bonds is 4. The molecule has 9 heteroatoms. The van der Waals surface area contributed by atoms with Crippen LogP contribution >= 0.6 is 11.6 Å². The lowest BCUT2D eigenvalue weighted by atomic mass is 10.1. The molecule has 0 saturated carbocycles. The Labute approximate surface area is 145 Å². The summed E-state index contributed by atoms with van der Waals surface area (Å²) in [7, 11) is -3.08. The molecule has 1 aliphatic heterocycles. The number of carbonyl (C=O) groups excluding carboxylic acids is 1. The topological polar surface area (TPSA) is 102 Å². The number of aryl methyl sites for hydroxylation is 1. The van der Waals surface area contributed by atoms with Gasteiger partial charge in [-0.15, -0.1) is 0 Å². The van der Waals surface area contributed by atoms with Crippen molar-refractivity contribution in [2.45, 2.75) is 39.3 Å². The first kappa shape index (κ1) is 18.5. The molecule has 0 bridgehead atoms. The normalized spacial score (nSPS) is 20.2. The van der Waals surface area contributed by atoms with Gasteiger partial charge in [0.2, 0.25) is 0 Å². The molecular weight excluding hydrogens is 354 g/mol. The number of carbonyl (C=O) groups is 1. The molecule has 7 nitrogen and oxygen atoms in total. The monoisotopic (exact) mass is 371 g/mol. The van der Waals surface area contributed by atoms with Crippen LogP contribution in [0.2, 0.25) is 5.15 Å². The van der Waals surface area contributed by atoms with Gasteiger partial charge in [-0.3, -0.25) is 0 Å². The zero-order valence-corrected chi connectivity index (χ0v) is 15.2. The molecule has 0 unspecified atom stereocenters. The van der Waals surface area contributed by atoms with E-state index >= 15 is 0 Å². The number of hydrogen-bond donors (Lipinski definition) is 0. The van der Waals surface area contributed by atoms with Crippen LogP contribution in [0.15, 0.2) is 5.57 Å². The number of ether oxygens (including phenoxy) is 1. The van der Waals surface area contributed by atoms with Crippen molar-refractivity contribution in [3.8, 4) is 6.07 Å². The van der Waals surface area contributed by atoms with E-state index in [1.165, 1.54) is 10.8 Å². The Balaban J connectivity index is 2.37. The van der Waals surface area contributed by atoms with E-state index in [9.17, 15) is 18.5 Å². The fraction of sp³-hybridized carbons (Fsp3) is 0.533. The number of nitriles is 1. The molecule has 0 amide bonds. The van der Waals surface area contributed by atoms with Crippen molar-refractivity contribution in [3.63, 3.8) is 0 Å². The van der Waals surface area contributed by atoms with Crippen LogP contribution in [0.5, 0.6) is 0 Å². The summed E-state index contributed by atoms with van der Waals surface area (Å²) >= 11 is 6.31. The summed E-state index contributed by atoms with van der Waals surface area (Å²) in [6, 6.07) is 1.46. The van der Waals surface area contributed by atoms with Gasteiger partial charge in [-0.05, 0) is 33.3 Å². The van der Waals surface area contributed by atoms with Crippen molar-refractivity contribution in [2.75, 3.05) is 11.5 Å². The molecule has 2 heterocycles. The van der Waals surface area contributed by atoms with Gasteiger partial charge in [0.05, 0.1) is 29.3 Å². The van der Waals surface area contributed by atoms with Crippen molar-refractivity contribution in [2.24, 2.45) is 0 Å². The zero-order valence-electron chi connectivity index (χ0n) is 13.6. The highest BCUT2D eigenvalue weighted by Gasteiger charge is 2.32. The third-order valence-electron chi connectivity index (χ3n) is 3.60. The van der Waals surface area contributed by atoms with Gasteiger partial charge in [-0.1, -0.05) is 11.6 Å². The lowest BCUT2D eigenvalue weighted by Gasteiger charge is -2.09. The zero-order chi connectivity index (χ0) is 18.1. The summed E-state index contributed by atoms with van der Waals surface area (Å²) in [6.45, 7) is 5.05. The Kier molecular flexibility index (Phi) is 5.35. The van der Waals surface area contributed by atoms with Crippen LogP contribution in [0.25, 0.3) is 6.08 Å². The molecule has 0 aliphatic carbocycles. The minimum Gasteiger partial charge on any atom is -0.459 e. The van der Waals surface area contributed by atoms with Crippen molar-refractivity contribution < 1.29 is 17.9 Å². The van der Waals surface area contributed by atoms with E-state index < -0.39 is 15.8 Å². The summed E-state index contributed by atoms with van der Waals surface area (Å²) < 4.78 is 29.7. The Bertz CT molecular complexity index is 834. The second-order valence-electron chi connectivity index (χ2n) is 5.92. The molecule has 1 fully saturated rings. The number of halogens is 1. The highest BCUT2D eigenvalue weighted by Crippen LogP contribution is 2.31. The maximum atomic E-state index is 11.9. The van der Waals surface area contributed by atoms with E-state index in [2.05, 4.69) is 5.10 Å². The highest BCUT2D eigenvalue weighted by molar-refractivity contribution is 7.91. The minimum atomic E-state index is -3.08. The highest BCUT2D eigenvalue weighted by atomic mass is 35.5. The van der Waals surface area contributed by atoms with E-state index in [0.717, 1.165) is 0 Å². The fourth-order valence-corrected chi connectivity index (χ4v) is 4.52. The summed E-state index contributed by atoms with van der Waals surface area (Å²) in [4.78, 5) is 11.9. The first-order valence-corrected chi connectivity index (χ1v) is 9.62. The van der Waals surface area contributed by atoms with E-state index in [0.29, 0.717) is 17.7 Å². The molecule has 1 aromatic heterocycles. The second kappa shape index (κ2) is 6.95. The fourth-order valence-electron chi connectivity index (χ4n) is 2.47. The third kappa shape index (κ3) is 3.97. The Hall–Kier alpha value is -1.85. The molecule has 0 spiro atoms. The average molecular weight is 372 g/mol. The molecule has 130 valence electrons. The van der Waals surface area contributed by atoms with Crippen molar-refractivity contribution >= 4 is 33.5 Å². The lowest BCUT2D eigenvalue weighted by Crippen LogP contribution is -2.13. The quantitative estimate of drug-likeness (QED) is 0.456. The van der Waals surface area contributed by atoms with Crippen LogP contribution in [0.4, 0.5) is 0 Å². The van der Waals surface area contributed by atoms with Gasteiger partial charge in [0.1, 0.15) is 16.8 Å². The van der Waals surface area contributed by atoms with Gasteiger partial charge in [0.15, 0.2) is 9.84 Å². The molecular formula is C15H18ClN3O4S. The molecule has 0 N–H and O–H groups in total. The Morgan fingerprint density at radius 3 is 2.71 bits per heavy atom. The summed E-state index contributed by atoms with van der Waals surface area (Å²) in [5.74, 6) is -0.654. The summed E-state index contributed by atoms with van der Waals surface area (Å²) in [6.07, 6.45) is 1.42. The van der Waals surface area contributed by atoms with Gasteiger partial charge in [0.25, 0.3) is 0 Å². The Morgan fingerprint density at radius 1 is 1.54 bits per heavy atom. The SMILES string of the molecule is Cc1nn([C@H]2CCS(=O)(=O)C2)c(Cl)c1/C=C(\C#N)C(=O)OC(C)C. The van der Waals surface area contributed by atoms with E-state index in [1.807, 2.05) is 0 Å². The van der Waals surface area contributed by atoms with Crippen molar-refractivity contribution in [1.29, 1.82) is 5.26 Å². The van der Waals surface area contributed by atoms with Gasteiger partial charge in [-0.25, -0.2) is 17.9 Å². The minimum absolute atomic E-state index is 0.0164. The number of hydrogen-bond acceptors (Lipinski definition) is 6. The van der Waals surface area contributed by atoms with Crippen LogP contribution in [0.3, 0.4) is 0 Å². The predicted octanol–water partition coefficient (Wildman–Crippen LogP) is 2.06.